The maximum atomic E-state index is 12.5. The number of halogens is 1. The molecule has 1 aliphatic rings. The van der Waals surface area contributed by atoms with Crippen LogP contribution in [0.5, 0.6) is 0 Å². The van der Waals surface area contributed by atoms with E-state index in [0.29, 0.717) is 48.3 Å². The zero-order valence-electron chi connectivity index (χ0n) is 20.0. The first kappa shape index (κ1) is 26.0. The van der Waals surface area contributed by atoms with Crippen molar-refractivity contribution >= 4 is 63.1 Å². The molecule has 3 aromatic rings. The molecule has 1 aliphatic heterocycles. The molecule has 0 saturated carbocycles. The molecule has 0 unspecified atom stereocenters. The largest absolute Gasteiger partial charge is 0.397 e. The van der Waals surface area contributed by atoms with Gasteiger partial charge in [0.1, 0.15) is 17.3 Å². The smallest absolute Gasteiger partial charge is 0.261 e. The number of benzene rings is 2. The van der Waals surface area contributed by atoms with E-state index >= 15 is 0 Å². The van der Waals surface area contributed by atoms with Gasteiger partial charge in [-0.1, -0.05) is 23.7 Å². The van der Waals surface area contributed by atoms with Gasteiger partial charge in [0.2, 0.25) is 0 Å². The van der Waals surface area contributed by atoms with Crippen LogP contribution in [0.1, 0.15) is 55.7 Å². The minimum atomic E-state index is -0.237. The van der Waals surface area contributed by atoms with Gasteiger partial charge in [0, 0.05) is 25.3 Å². The molecule has 2 amide bonds. The molecule has 0 aliphatic carbocycles. The maximum absolute atomic E-state index is 12.5. The molecule has 0 fully saturated rings. The summed E-state index contributed by atoms with van der Waals surface area (Å²) in [5.74, 6) is -0.473. The fourth-order valence-corrected chi connectivity index (χ4v) is 5.20. The quantitative estimate of drug-likeness (QED) is 0.112. The number of azo groups is 1. The Bertz CT molecular complexity index is 1410. The van der Waals surface area contributed by atoms with E-state index in [4.69, 9.17) is 17.3 Å². The summed E-state index contributed by atoms with van der Waals surface area (Å²) in [5.41, 5.74) is 8.97. The van der Waals surface area contributed by atoms with Gasteiger partial charge in [0.25, 0.3) is 11.8 Å². The summed E-state index contributed by atoms with van der Waals surface area (Å²) >= 11 is 7.01. The fourth-order valence-electron chi connectivity index (χ4n) is 4.07. The molecule has 0 bridgehead atoms. The number of nitrogen functional groups attached to an aromatic ring is 1. The first-order valence-electron chi connectivity index (χ1n) is 11.6. The van der Waals surface area contributed by atoms with Crippen molar-refractivity contribution in [2.75, 3.05) is 30.3 Å². The Morgan fingerprint density at radius 2 is 1.84 bits per heavy atom. The molecule has 9 nitrogen and oxygen atoms in total. The average molecular weight is 535 g/mol. The summed E-state index contributed by atoms with van der Waals surface area (Å²) in [7, 11) is 0. The lowest BCUT2D eigenvalue weighted by molar-refractivity contribution is 0.0651. The third-order valence-corrected chi connectivity index (χ3v) is 7.52. The van der Waals surface area contributed by atoms with E-state index in [-0.39, 0.29) is 32.3 Å². The minimum Gasteiger partial charge on any atom is -0.397 e. The van der Waals surface area contributed by atoms with Crippen LogP contribution in [0, 0.1) is 11.3 Å². The van der Waals surface area contributed by atoms with Gasteiger partial charge < -0.3 is 10.6 Å². The molecule has 2 heterocycles. The van der Waals surface area contributed by atoms with E-state index in [9.17, 15) is 19.6 Å². The number of nitrogens with zero attached hydrogens (tertiary/aromatic N) is 5. The molecule has 4 rings (SSSR count). The van der Waals surface area contributed by atoms with Crippen LogP contribution in [0.25, 0.3) is 0 Å². The SMILES string of the molecule is CCN(CCCCN1C(=O)c2ccccc2C1=O)c1ccc(N=Nc2sc(C=O)c(Cl)c2C#N)c(N)c1. The van der Waals surface area contributed by atoms with Crippen molar-refractivity contribution in [3.05, 3.63) is 69.1 Å². The third-order valence-electron chi connectivity index (χ3n) is 6.02. The lowest BCUT2D eigenvalue weighted by Crippen LogP contribution is -2.31. The number of nitriles is 1. The zero-order valence-corrected chi connectivity index (χ0v) is 21.6. The highest BCUT2D eigenvalue weighted by Gasteiger charge is 2.34. The molecule has 188 valence electrons. The lowest BCUT2D eigenvalue weighted by atomic mass is 10.1. The lowest BCUT2D eigenvalue weighted by Gasteiger charge is -2.24. The number of hydrogen-bond donors (Lipinski definition) is 1. The summed E-state index contributed by atoms with van der Waals surface area (Å²) in [4.78, 5) is 39.8. The Morgan fingerprint density at radius 1 is 1.14 bits per heavy atom. The molecule has 0 saturated heterocycles. The molecule has 37 heavy (non-hydrogen) atoms. The van der Waals surface area contributed by atoms with Gasteiger partial charge in [-0.25, -0.2) is 0 Å². The second kappa shape index (κ2) is 11.3. The zero-order chi connectivity index (χ0) is 26.5. The number of hydrogen-bond acceptors (Lipinski definition) is 9. The Kier molecular flexibility index (Phi) is 7.96. The Morgan fingerprint density at radius 3 is 2.43 bits per heavy atom. The van der Waals surface area contributed by atoms with E-state index in [2.05, 4.69) is 15.1 Å². The van der Waals surface area contributed by atoms with Crippen LogP contribution in [0.15, 0.2) is 52.7 Å². The van der Waals surface area contributed by atoms with Crippen molar-refractivity contribution in [1.29, 1.82) is 5.26 Å². The number of amides is 2. The number of anilines is 2. The molecule has 2 aromatic carbocycles. The van der Waals surface area contributed by atoms with Gasteiger partial charge in [-0.2, -0.15) is 5.26 Å². The van der Waals surface area contributed by atoms with E-state index < -0.39 is 0 Å². The van der Waals surface area contributed by atoms with Crippen molar-refractivity contribution in [1.82, 2.24) is 4.90 Å². The monoisotopic (exact) mass is 534 g/mol. The molecule has 0 spiro atoms. The molecule has 0 radical (unpaired) electrons. The minimum absolute atomic E-state index is 0.0707. The fraction of sp³-hybridized carbons (Fsp3) is 0.231. The van der Waals surface area contributed by atoms with Crippen molar-refractivity contribution in [3.8, 4) is 6.07 Å². The summed E-state index contributed by atoms with van der Waals surface area (Å²) in [6, 6.07) is 14.2. The first-order valence-corrected chi connectivity index (χ1v) is 12.8. The number of carbonyl (C=O) groups excluding carboxylic acids is 3. The van der Waals surface area contributed by atoms with Gasteiger partial charge in [0.05, 0.1) is 26.7 Å². The number of carbonyl (C=O) groups is 3. The van der Waals surface area contributed by atoms with Crippen LogP contribution in [0.3, 0.4) is 0 Å². The summed E-state index contributed by atoms with van der Waals surface area (Å²) in [6.07, 6.45) is 2.03. The predicted octanol–water partition coefficient (Wildman–Crippen LogP) is 5.99. The standard InChI is InChI=1S/C26H23ClN6O3S/c1-2-32(11-5-6-12-33-25(35)17-7-3-4-8-18(17)26(33)36)16-9-10-21(20(29)13-16)30-31-24-19(14-28)23(27)22(15-34)37-24/h3-4,7-10,13,15H,2,5-6,11-12,29H2,1H3. The first-order chi connectivity index (χ1) is 17.9. The van der Waals surface area contributed by atoms with E-state index in [1.807, 2.05) is 19.1 Å². The number of imide groups is 1. The third kappa shape index (κ3) is 5.23. The van der Waals surface area contributed by atoms with Crippen molar-refractivity contribution in [2.45, 2.75) is 19.8 Å². The van der Waals surface area contributed by atoms with Crippen LogP contribution in [-0.2, 0) is 0 Å². The predicted molar refractivity (Wildman–Crippen MR) is 143 cm³/mol. The Balaban J connectivity index is 1.36. The van der Waals surface area contributed by atoms with E-state index in [1.54, 1.807) is 36.4 Å². The number of fused-ring (bicyclic) bond motifs is 1. The maximum Gasteiger partial charge on any atom is 0.261 e. The Labute approximate surface area is 222 Å². The second-order valence-corrected chi connectivity index (χ2v) is 9.64. The van der Waals surface area contributed by atoms with Crippen molar-refractivity contribution < 1.29 is 14.4 Å². The van der Waals surface area contributed by atoms with Gasteiger partial charge in [-0.15, -0.1) is 21.6 Å². The molecule has 2 N–H and O–H groups in total. The second-order valence-electron chi connectivity index (χ2n) is 8.23. The number of aldehydes is 1. The van der Waals surface area contributed by atoms with Crippen LogP contribution >= 0.6 is 22.9 Å². The van der Waals surface area contributed by atoms with Gasteiger partial charge >= 0.3 is 0 Å². The van der Waals surface area contributed by atoms with Crippen LogP contribution in [0.2, 0.25) is 5.02 Å². The van der Waals surface area contributed by atoms with E-state index in [0.717, 1.165) is 30.0 Å². The summed E-state index contributed by atoms with van der Waals surface area (Å²) in [6.45, 7) is 3.85. The number of nitrogens with two attached hydrogens (primary N) is 1. The average Bonchev–Trinajstić information content (AvgIpc) is 3.35. The number of rotatable bonds is 10. The highest BCUT2D eigenvalue weighted by atomic mass is 35.5. The molecular formula is C26H23ClN6O3S. The van der Waals surface area contributed by atoms with Crippen LogP contribution in [-0.4, -0.2) is 42.6 Å². The van der Waals surface area contributed by atoms with Gasteiger partial charge in [-0.3, -0.25) is 19.3 Å². The number of thiophene rings is 1. The number of unbranched alkanes of at least 4 members (excludes halogenated alkanes) is 1. The molecular weight excluding hydrogens is 512 g/mol. The summed E-state index contributed by atoms with van der Waals surface area (Å²) < 4.78 is 0. The van der Waals surface area contributed by atoms with Crippen molar-refractivity contribution in [3.63, 3.8) is 0 Å². The van der Waals surface area contributed by atoms with E-state index in [1.165, 1.54) is 4.90 Å². The van der Waals surface area contributed by atoms with Gasteiger partial charge in [0.15, 0.2) is 11.3 Å². The highest BCUT2D eigenvalue weighted by Crippen LogP contribution is 2.39. The topological polar surface area (TPSA) is 132 Å². The highest BCUT2D eigenvalue weighted by molar-refractivity contribution is 7.18. The molecule has 1 aromatic heterocycles. The van der Waals surface area contributed by atoms with Gasteiger partial charge in [-0.05, 0) is 50.1 Å². The summed E-state index contributed by atoms with van der Waals surface area (Å²) in [5, 5.41) is 17.8. The molecule has 0 atom stereocenters. The normalized spacial score (nSPS) is 12.7. The Hall–Kier alpha value is -4.07. The van der Waals surface area contributed by atoms with Crippen LogP contribution < -0.4 is 10.6 Å². The van der Waals surface area contributed by atoms with Crippen LogP contribution in [0.4, 0.5) is 22.1 Å². The van der Waals surface area contributed by atoms with Crippen molar-refractivity contribution in [2.24, 2.45) is 10.2 Å². The molecule has 11 heteroatoms.